The topological polar surface area (TPSA) is 29.5 Å². The van der Waals surface area contributed by atoms with Crippen molar-refractivity contribution in [1.29, 1.82) is 0 Å². The first-order valence-corrected chi connectivity index (χ1v) is 7.74. The summed E-state index contributed by atoms with van der Waals surface area (Å²) in [5.74, 6) is 1.69. The van der Waals surface area contributed by atoms with Gasteiger partial charge in [0.05, 0.1) is 12.9 Å². The Morgan fingerprint density at radius 2 is 2.21 bits per heavy atom. The molecule has 0 spiro atoms. The van der Waals surface area contributed by atoms with Gasteiger partial charge in [0.2, 0.25) is 5.91 Å². The van der Waals surface area contributed by atoms with Crippen LogP contribution in [0.25, 0.3) is 5.57 Å². The number of methoxy groups -OCH3 is 1. The van der Waals surface area contributed by atoms with Crippen molar-refractivity contribution in [3.05, 3.63) is 35.9 Å². The van der Waals surface area contributed by atoms with E-state index in [0.29, 0.717) is 12.3 Å². The minimum atomic E-state index is 0.225. The number of nitrogens with zero attached hydrogens (tertiary/aromatic N) is 1. The van der Waals surface area contributed by atoms with Crippen LogP contribution in [0.15, 0.2) is 30.3 Å². The monoisotopic (exact) mass is 277 g/mol. The molecule has 0 bridgehead atoms. The normalized spacial score (nSPS) is 15.1. The Hall–Kier alpha value is -1.42. The number of ether oxygens (including phenoxy) is 1. The molecule has 1 aliphatic heterocycles. The lowest BCUT2D eigenvalue weighted by molar-refractivity contribution is -0.127. The molecule has 2 rings (SSSR count). The smallest absolute Gasteiger partial charge is 0.232 e. The van der Waals surface area contributed by atoms with Crippen LogP contribution in [-0.2, 0) is 4.79 Å². The van der Waals surface area contributed by atoms with Gasteiger partial charge in [-0.2, -0.15) is 11.8 Å². The zero-order valence-electron chi connectivity index (χ0n) is 11.4. The first-order chi connectivity index (χ1) is 9.26. The second kappa shape index (κ2) is 6.66. The molecule has 1 amide bonds. The number of hydrogen-bond acceptors (Lipinski definition) is 3. The van der Waals surface area contributed by atoms with Crippen LogP contribution in [0, 0.1) is 0 Å². The van der Waals surface area contributed by atoms with E-state index in [2.05, 4.69) is 12.1 Å². The van der Waals surface area contributed by atoms with E-state index in [1.54, 1.807) is 18.9 Å². The molecule has 3 nitrogen and oxygen atoms in total. The Balaban J connectivity index is 2.10. The second-order valence-electron chi connectivity index (χ2n) is 4.45. The maximum absolute atomic E-state index is 11.8. The van der Waals surface area contributed by atoms with Crippen LogP contribution >= 0.6 is 11.8 Å². The molecule has 1 aromatic rings. The summed E-state index contributed by atoms with van der Waals surface area (Å²) in [7, 11) is 1.69. The fourth-order valence-electron chi connectivity index (χ4n) is 2.26. The number of amides is 1. The van der Waals surface area contributed by atoms with Gasteiger partial charge in [-0.15, -0.1) is 0 Å². The summed E-state index contributed by atoms with van der Waals surface area (Å²) in [6.07, 6.45) is 4.98. The SMILES string of the molecule is COc1ccccc1C1=CCN(C(=O)CSC)CC1. The van der Waals surface area contributed by atoms with Crippen LogP contribution in [0.2, 0.25) is 0 Å². The lowest BCUT2D eigenvalue weighted by atomic mass is 9.98. The van der Waals surface area contributed by atoms with E-state index in [4.69, 9.17) is 4.74 Å². The quantitative estimate of drug-likeness (QED) is 0.847. The van der Waals surface area contributed by atoms with Crippen molar-refractivity contribution in [3.63, 3.8) is 0 Å². The van der Waals surface area contributed by atoms with Crippen molar-refractivity contribution in [1.82, 2.24) is 4.90 Å². The highest BCUT2D eigenvalue weighted by molar-refractivity contribution is 7.99. The number of carbonyl (C=O) groups excluding carboxylic acids is 1. The van der Waals surface area contributed by atoms with Crippen LogP contribution in [0.4, 0.5) is 0 Å². The van der Waals surface area contributed by atoms with Gasteiger partial charge in [-0.3, -0.25) is 4.79 Å². The molecule has 0 saturated carbocycles. The molecule has 0 saturated heterocycles. The second-order valence-corrected chi connectivity index (χ2v) is 5.32. The first-order valence-electron chi connectivity index (χ1n) is 6.35. The molecule has 0 N–H and O–H groups in total. The van der Waals surface area contributed by atoms with Gasteiger partial charge in [0.15, 0.2) is 0 Å². The number of hydrogen-bond donors (Lipinski definition) is 0. The predicted molar refractivity (Wildman–Crippen MR) is 80.6 cm³/mol. The summed E-state index contributed by atoms with van der Waals surface area (Å²) in [4.78, 5) is 13.7. The zero-order chi connectivity index (χ0) is 13.7. The minimum Gasteiger partial charge on any atom is -0.496 e. The van der Waals surface area contributed by atoms with E-state index in [1.165, 1.54) is 5.57 Å². The van der Waals surface area contributed by atoms with Crippen LogP contribution in [0.5, 0.6) is 5.75 Å². The summed E-state index contributed by atoms with van der Waals surface area (Å²) in [5, 5.41) is 0. The zero-order valence-corrected chi connectivity index (χ0v) is 12.2. The van der Waals surface area contributed by atoms with Gasteiger partial charge < -0.3 is 9.64 Å². The van der Waals surface area contributed by atoms with E-state index in [0.717, 1.165) is 24.3 Å². The third-order valence-corrected chi connectivity index (χ3v) is 3.82. The molecular formula is C15H19NO2S. The molecule has 0 unspecified atom stereocenters. The van der Waals surface area contributed by atoms with Crippen molar-refractivity contribution in [2.75, 3.05) is 32.2 Å². The van der Waals surface area contributed by atoms with Crippen molar-refractivity contribution in [2.45, 2.75) is 6.42 Å². The average Bonchev–Trinajstić information content (AvgIpc) is 2.47. The van der Waals surface area contributed by atoms with E-state index in [-0.39, 0.29) is 5.91 Å². The van der Waals surface area contributed by atoms with Crippen LogP contribution in [0.1, 0.15) is 12.0 Å². The van der Waals surface area contributed by atoms with E-state index in [1.807, 2.05) is 29.4 Å². The average molecular weight is 277 g/mol. The van der Waals surface area contributed by atoms with Gasteiger partial charge in [0.1, 0.15) is 5.75 Å². The van der Waals surface area contributed by atoms with Crippen molar-refractivity contribution in [2.24, 2.45) is 0 Å². The number of para-hydroxylation sites is 1. The molecule has 19 heavy (non-hydrogen) atoms. The number of carbonyl (C=O) groups is 1. The number of benzene rings is 1. The largest absolute Gasteiger partial charge is 0.496 e. The first kappa shape index (κ1) is 14.0. The summed E-state index contributed by atoms with van der Waals surface area (Å²) >= 11 is 1.57. The van der Waals surface area contributed by atoms with Gasteiger partial charge in [0.25, 0.3) is 0 Å². The van der Waals surface area contributed by atoms with E-state index < -0.39 is 0 Å². The van der Waals surface area contributed by atoms with Crippen LogP contribution in [-0.4, -0.2) is 43.0 Å². The Morgan fingerprint density at radius 1 is 1.42 bits per heavy atom. The number of thioether (sulfide) groups is 1. The molecule has 4 heteroatoms. The highest BCUT2D eigenvalue weighted by Gasteiger charge is 2.18. The van der Waals surface area contributed by atoms with Gasteiger partial charge in [0, 0.05) is 18.7 Å². The lowest BCUT2D eigenvalue weighted by Crippen LogP contribution is -2.35. The van der Waals surface area contributed by atoms with Crippen molar-refractivity contribution in [3.8, 4) is 5.75 Å². The fraction of sp³-hybridized carbons (Fsp3) is 0.400. The summed E-state index contributed by atoms with van der Waals surface area (Å²) in [6.45, 7) is 1.50. The van der Waals surface area contributed by atoms with Crippen LogP contribution in [0.3, 0.4) is 0 Å². The van der Waals surface area contributed by atoms with E-state index in [9.17, 15) is 4.79 Å². The molecule has 1 aliphatic rings. The minimum absolute atomic E-state index is 0.225. The Labute approximate surface area is 118 Å². The maximum Gasteiger partial charge on any atom is 0.232 e. The van der Waals surface area contributed by atoms with Crippen molar-refractivity contribution >= 4 is 23.2 Å². The van der Waals surface area contributed by atoms with E-state index >= 15 is 0 Å². The summed E-state index contributed by atoms with van der Waals surface area (Å²) < 4.78 is 5.39. The van der Waals surface area contributed by atoms with Crippen molar-refractivity contribution < 1.29 is 9.53 Å². The Kier molecular flexibility index (Phi) is 4.91. The molecule has 102 valence electrons. The molecule has 1 heterocycles. The highest BCUT2D eigenvalue weighted by Crippen LogP contribution is 2.29. The fourth-order valence-corrected chi connectivity index (χ4v) is 2.69. The third kappa shape index (κ3) is 3.32. The lowest BCUT2D eigenvalue weighted by Gasteiger charge is -2.27. The third-order valence-electron chi connectivity index (χ3n) is 3.28. The summed E-state index contributed by atoms with van der Waals surface area (Å²) in [6, 6.07) is 8.04. The predicted octanol–water partition coefficient (Wildman–Crippen LogP) is 2.67. The van der Waals surface area contributed by atoms with Gasteiger partial charge in [-0.05, 0) is 24.3 Å². The molecule has 0 fully saturated rings. The van der Waals surface area contributed by atoms with Gasteiger partial charge >= 0.3 is 0 Å². The molecule has 0 radical (unpaired) electrons. The van der Waals surface area contributed by atoms with Gasteiger partial charge in [-0.25, -0.2) is 0 Å². The highest BCUT2D eigenvalue weighted by atomic mass is 32.2. The number of rotatable bonds is 4. The molecule has 1 aromatic carbocycles. The van der Waals surface area contributed by atoms with Crippen LogP contribution < -0.4 is 4.74 Å². The molecule has 0 aromatic heterocycles. The molecular weight excluding hydrogens is 258 g/mol. The molecule has 0 atom stereocenters. The standard InChI is InChI=1S/C15H19NO2S/c1-18-14-6-4-3-5-13(14)12-7-9-16(10-8-12)15(17)11-19-2/h3-7H,8-11H2,1-2H3. The molecule has 0 aliphatic carbocycles. The Bertz CT molecular complexity index is 485. The maximum atomic E-state index is 11.8. The summed E-state index contributed by atoms with van der Waals surface area (Å²) in [5.41, 5.74) is 2.41. The van der Waals surface area contributed by atoms with Gasteiger partial charge in [-0.1, -0.05) is 24.3 Å². The Morgan fingerprint density at radius 3 is 2.84 bits per heavy atom.